The molecule has 0 aliphatic rings. The Balaban J connectivity index is 2.01. The maximum Gasteiger partial charge on any atom is 0.326 e. The van der Waals surface area contributed by atoms with Crippen LogP contribution in [-0.4, -0.2) is 27.6 Å². The van der Waals surface area contributed by atoms with Crippen LogP contribution in [-0.2, 0) is 16.1 Å². The average molecular weight is 367 g/mol. The molecular weight excluding hydrogens is 348 g/mol. The molecule has 1 amide bonds. The lowest BCUT2D eigenvalue weighted by Crippen LogP contribution is -2.44. The van der Waals surface area contributed by atoms with Crippen molar-refractivity contribution >= 4 is 38.7 Å². The molecule has 0 aliphatic heterocycles. The van der Waals surface area contributed by atoms with Crippen LogP contribution >= 0.6 is 15.9 Å². The van der Waals surface area contributed by atoms with E-state index in [0.717, 1.165) is 15.4 Å². The molecule has 1 atom stereocenters. The molecule has 1 aromatic heterocycles. The first-order valence-electron chi connectivity index (χ1n) is 7.15. The predicted octanol–water partition coefficient (Wildman–Crippen LogP) is 3.02. The lowest BCUT2D eigenvalue weighted by atomic mass is 10.0. The van der Waals surface area contributed by atoms with Crippen molar-refractivity contribution in [3.8, 4) is 0 Å². The summed E-state index contributed by atoms with van der Waals surface area (Å²) in [6.45, 7) is 4.06. The minimum atomic E-state index is -1.00. The van der Waals surface area contributed by atoms with Gasteiger partial charge in [-0.2, -0.15) is 0 Å². The van der Waals surface area contributed by atoms with Crippen LogP contribution in [0, 0.1) is 5.92 Å². The molecule has 5 nitrogen and oxygen atoms in total. The van der Waals surface area contributed by atoms with Gasteiger partial charge in [0.2, 0.25) is 5.91 Å². The predicted molar refractivity (Wildman–Crippen MR) is 88.7 cm³/mol. The van der Waals surface area contributed by atoms with Gasteiger partial charge in [-0.15, -0.1) is 0 Å². The van der Waals surface area contributed by atoms with E-state index in [-0.39, 0.29) is 18.2 Å². The number of carbonyl (C=O) groups is 2. The zero-order chi connectivity index (χ0) is 16.3. The molecule has 0 saturated carbocycles. The molecule has 1 heterocycles. The highest BCUT2D eigenvalue weighted by Crippen LogP contribution is 2.24. The number of aryl methyl sites for hydroxylation is 1. The third kappa shape index (κ3) is 3.68. The van der Waals surface area contributed by atoms with Gasteiger partial charge < -0.3 is 15.0 Å². The smallest absolute Gasteiger partial charge is 0.326 e. The van der Waals surface area contributed by atoms with Gasteiger partial charge in [0.05, 0.1) is 0 Å². The minimum absolute atomic E-state index is 0.148. The second-order valence-electron chi connectivity index (χ2n) is 5.56. The van der Waals surface area contributed by atoms with Crippen molar-refractivity contribution < 1.29 is 14.7 Å². The maximum absolute atomic E-state index is 12.0. The first-order chi connectivity index (χ1) is 10.4. The van der Waals surface area contributed by atoms with E-state index < -0.39 is 12.0 Å². The summed E-state index contributed by atoms with van der Waals surface area (Å²) in [6.07, 6.45) is 2.17. The summed E-state index contributed by atoms with van der Waals surface area (Å²) in [5, 5.41) is 12.8. The van der Waals surface area contributed by atoms with E-state index in [2.05, 4.69) is 21.2 Å². The van der Waals surface area contributed by atoms with Crippen LogP contribution in [0.25, 0.3) is 10.9 Å². The van der Waals surface area contributed by atoms with Gasteiger partial charge >= 0.3 is 5.97 Å². The number of carboxylic acids is 1. The number of aromatic nitrogens is 1. The number of nitrogens with one attached hydrogen (secondary N) is 1. The summed E-state index contributed by atoms with van der Waals surface area (Å²) in [6, 6.07) is 7.06. The monoisotopic (exact) mass is 366 g/mol. The number of aliphatic carboxylic acids is 1. The van der Waals surface area contributed by atoms with Crippen LogP contribution in [0.3, 0.4) is 0 Å². The van der Waals surface area contributed by atoms with Crippen LogP contribution in [0.1, 0.15) is 20.3 Å². The van der Waals surface area contributed by atoms with Gasteiger partial charge in [0.1, 0.15) is 6.04 Å². The van der Waals surface area contributed by atoms with Crippen molar-refractivity contribution in [2.24, 2.45) is 5.92 Å². The van der Waals surface area contributed by atoms with E-state index in [0.29, 0.717) is 6.54 Å². The maximum atomic E-state index is 12.0. The summed E-state index contributed by atoms with van der Waals surface area (Å²) < 4.78 is 3.00. The number of hydrogen-bond acceptors (Lipinski definition) is 2. The van der Waals surface area contributed by atoms with Gasteiger partial charge in [-0.25, -0.2) is 4.79 Å². The third-order valence-corrected chi connectivity index (χ3v) is 4.28. The standard InChI is InChI=1S/C16H19BrN2O3/c1-10(2)15(16(21)22)18-14(20)7-9-19-8-6-11-12(17)4-3-5-13(11)19/h3-6,8,10,15H,7,9H2,1-2H3,(H,18,20)(H,21,22)/t15-/m0/s1. The van der Waals surface area contributed by atoms with Gasteiger partial charge in [0, 0.05) is 34.5 Å². The highest BCUT2D eigenvalue weighted by Gasteiger charge is 2.23. The van der Waals surface area contributed by atoms with Crippen molar-refractivity contribution in [3.63, 3.8) is 0 Å². The van der Waals surface area contributed by atoms with Gasteiger partial charge in [0.25, 0.3) is 0 Å². The first-order valence-corrected chi connectivity index (χ1v) is 7.95. The quantitative estimate of drug-likeness (QED) is 0.825. The number of halogens is 1. The molecule has 1 aromatic carbocycles. The van der Waals surface area contributed by atoms with Gasteiger partial charge in [0.15, 0.2) is 0 Å². The Kier molecular flexibility index (Phi) is 5.24. The Morgan fingerprint density at radius 3 is 2.68 bits per heavy atom. The molecule has 2 N–H and O–H groups in total. The fourth-order valence-corrected chi connectivity index (χ4v) is 2.85. The molecule has 0 fully saturated rings. The Morgan fingerprint density at radius 1 is 1.32 bits per heavy atom. The number of benzene rings is 1. The van der Waals surface area contributed by atoms with E-state index in [1.54, 1.807) is 13.8 Å². The van der Waals surface area contributed by atoms with Crippen molar-refractivity contribution in [2.45, 2.75) is 32.9 Å². The molecule has 6 heteroatoms. The lowest BCUT2D eigenvalue weighted by molar-refractivity contribution is -0.143. The van der Waals surface area contributed by atoms with E-state index in [1.807, 2.05) is 35.0 Å². The first kappa shape index (κ1) is 16.5. The van der Waals surface area contributed by atoms with E-state index in [1.165, 1.54) is 0 Å². The SMILES string of the molecule is CC(C)[C@H](NC(=O)CCn1ccc2c(Br)cccc21)C(=O)O. The van der Waals surface area contributed by atoms with Crippen LogP contribution < -0.4 is 5.32 Å². The Bertz CT molecular complexity index is 694. The molecule has 2 rings (SSSR count). The molecule has 0 radical (unpaired) electrons. The zero-order valence-corrected chi connectivity index (χ0v) is 14.1. The van der Waals surface area contributed by atoms with Crippen molar-refractivity contribution in [2.75, 3.05) is 0 Å². The van der Waals surface area contributed by atoms with Gasteiger partial charge in [-0.05, 0) is 24.1 Å². The number of rotatable bonds is 6. The fourth-order valence-electron chi connectivity index (χ4n) is 2.36. The third-order valence-electron chi connectivity index (χ3n) is 3.59. The summed E-state index contributed by atoms with van der Waals surface area (Å²) in [7, 11) is 0. The fraction of sp³-hybridized carbons (Fsp3) is 0.375. The highest BCUT2D eigenvalue weighted by atomic mass is 79.9. The van der Waals surface area contributed by atoms with E-state index >= 15 is 0 Å². The van der Waals surface area contributed by atoms with Gasteiger partial charge in [-0.3, -0.25) is 4.79 Å². The van der Waals surface area contributed by atoms with Crippen LogP contribution in [0.4, 0.5) is 0 Å². The number of nitrogens with zero attached hydrogens (tertiary/aromatic N) is 1. The van der Waals surface area contributed by atoms with E-state index in [9.17, 15) is 9.59 Å². The number of carboxylic acid groups (broad SMARTS) is 1. The highest BCUT2D eigenvalue weighted by molar-refractivity contribution is 9.10. The molecule has 0 unspecified atom stereocenters. The summed E-state index contributed by atoms with van der Waals surface area (Å²) in [5.74, 6) is -1.40. The number of carbonyl (C=O) groups excluding carboxylic acids is 1. The lowest BCUT2D eigenvalue weighted by Gasteiger charge is -2.18. The number of hydrogen-bond donors (Lipinski definition) is 2. The van der Waals surface area contributed by atoms with Crippen molar-refractivity contribution in [1.82, 2.24) is 9.88 Å². The summed E-state index contributed by atoms with van der Waals surface area (Å²) in [5.41, 5.74) is 1.04. The molecule has 118 valence electrons. The largest absolute Gasteiger partial charge is 0.480 e. The van der Waals surface area contributed by atoms with Crippen LogP contribution in [0.15, 0.2) is 34.9 Å². The Hall–Kier alpha value is -1.82. The second kappa shape index (κ2) is 6.96. The molecule has 2 aromatic rings. The van der Waals surface area contributed by atoms with Crippen LogP contribution in [0.5, 0.6) is 0 Å². The molecule has 0 saturated heterocycles. The second-order valence-corrected chi connectivity index (χ2v) is 6.41. The molecule has 0 aliphatic carbocycles. The summed E-state index contributed by atoms with van der Waals surface area (Å²) >= 11 is 3.50. The summed E-state index contributed by atoms with van der Waals surface area (Å²) in [4.78, 5) is 23.1. The molecule has 0 bridgehead atoms. The minimum Gasteiger partial charge on any atom is -0.480 e. The molecule has 22 heavy (non-hydrogen) atoms. The normalized spacial score (nSPS) is 12.5. The number of amides is 1. The topological polar surface area (TPSA) is 71.3 Å². The van der Waals surface area contributed by atoms with E-state index in [4.69, 9.17) is 5.11 Å². The zero-order valence-electron chi connectivity index (χ0n) is 12.5. The molecular formula is C16H19BrN2O3. The Morgan fingerprint density at radius 2 is 2.05 bits per heavy atom. The van der Waals surface area contributed by atoms with Crippen LogP contribution in [0.2, 0.25) is 0 Å². The van der Waals surface area contributed by atoms with Crippen molar-refractivity contribution in [1.29, 1.82) is 0 Å². The van der Waals surface area contributed by atoms with Gasteiger partial charge in [-0.1, -0.05) is 35.8 Å². The Labute approximate surface area is 137 Å². The average Bonchev–Trinajstić information content (AvgIpc) is 2.86. The number of fused-ring (bicyclic) bond motifs is 1. The van der Waals surface area contributed by atoms with Crippen molar-refractivity contribution in [3.05, 3.63) is 34.9 Å². The molecule has 0 spiro atoms.